The van der Waals surface area contributed by atoms with Crippen molar-refractivity contribution in [2.45, 2.75) is 38.3 Å². The predicted molar refractivity (Wildman–Crippen MR) is 74.0 cm³/mol. The van der Waals surface area contributed by atoms with Crippen molar-refractivity contribution in [1.29, 1.82) is 0 Å². The summed E-state index contributed by atoms with van der Waals surface area (Å²) in [6.07, 6.45) is 3.24. The summed E-state index contributed by atoms with van der Waals surface area (Å²) in [6, 6.07) is -2.55. The Balaban J connectivity index is 4.58. The van der Waals surface area contributed by atoms with Gasteiger partial charge in [-0.15, -0.1) is 0 Å². The number of nitrogens with two attached hydrogens (primary N) is 1. The molecule has 0 heterocycles. The molecule has 0 aromatic heterocycles. The number of rotatable bonds is 9. The fraction of sp³-hybridized carbons (Fsp3) is 0.727. The van der Waals surface area contributed by atoms with Crippen molar-refractivity contribution in [2.24, 2.45) is 5.73 Å². The lowest BCUT2D eigenvalue weighted by atomic mass is 10.1. The highest BCUT2D eigenvalue weighted by Crippen LogP contribution is 2.03. The highest BCUT2D eigenvalue weighted by Gasteiger charge is 2.25. The number of hydrogen-bond acceptors (Lipinski definition) is 4. The van der Waals surface area contributed by atoms with E-state index in [9.17, 15) is 14.4 Å². The molecule has 0 bridgehead atoms. The summed E-state index contributed by atoms with van der Waals surface area (Å²) >= 11 is 1.52. The predicted octanol–water partition coefficient (Wildman–Crippen LogP) is 0.146. The van der Waals surface area contributed by atoms with E-state index in [1.54, 1.807) is 0 Å². The Morgan fingerprint density at radius 1 is 1.21 bits per heavy atom. The van der Waals surface area contributed by atoms with E-state index < -0.39 is 30.0 Å². The van der Waals surface area contributed by atoms with Crippen molar-refractivity contribution in [3.05, 3.63) is 0 Å². The van der Waals surface area contributed by atoms with Gasteiger partial charge in [0.15, 0.2) is 0 Å². The summed E-state index contributed by atoms with van der Waals surface area (Å²) in [5, 5.41) is 13.7. The third kappa shape index (κ3) is 7.55. The minimum Gasteiger partial charge on any atom is -0.480 e. The van der Waals surface area contributed by atoms with Gasteiger partial charge in [0.2, 0.25) is 5.91 Å². The van der Waals surface area contributed by atoms with Gasteiger partial charge in [0.1, 0.15) is 12.1 Å². The fourth-order valence-corrected chi connectivity index (χ4v) is 1.97. The minimum atomic E-state index is -1.09. The maximum absolute atomic E-state index is 11.9. The van der Waals surface area contributed by atoms with Crippen LogP contribution in [0.1, 0.15) is 26.2 Å². The zero-order valence-corrected chi connectivity index (χ0v) is 12.0. The van der Waals surface area contributed by atoms with Gasteiger partial charge in [-0.05, 0) is 24.9 Å². The summed E-state index contributed by atoms with van der Waals surface area (Å²) in [5.41, 5.74) is 5.00. The van der Waals surface area contributed by atoms with E-state index >= 15 is 0 Å². The molecule has 2 atom stereocenters. The lowest BCUT2D eigenvalue weighted by molar-refractivity contribution is -0.142. The molecule has 1 unspecified atom stereocenters. The number of urea groups is 1. The summed E-state index contributed by atoms with van der Waals surface area (Å²) in [5.74, 6) is -0.948. The van der Waals surface area contributed by atoms with Gasteiger partial charge in [0.05, 0.1) is 0 Å². The summed E-state index contributed by atoms with van der Waals surface area (Å²) in [6.45, 7) is 1.83. The van der Waals surface area contributed by atoms with Crippen LogP contribution in [0, 0.1) is 0 Å². The van der Waals surface area contributed by atoms with Gasteiger partial charge < -0.3 is 21.5 Å². The van der Waals surface area contributed by atoms with Crippen molar-refractivity contribution in [3.63, 3.8) is 0 Å². The topological polar surface area (TPSA) is 122 Å². The highest BCUT2D eigenvalue weighted by atomic mass is 32.2. The van der Waals surface area contributed by atoms with Gasteiger partial charge in [0.25, 0.3) is 0 Å². The van der Waals surface area contributed by atoms with Gasteiger partial charge in [-0.1, -0.05) is 13.3 Å². The van der Waals surface area contributed by atoms with Crippen molar-refractivity contribution >= 4 is 29.7 Å². The van der Waals surface area contributed by atoms with E-state index in [1.165, 1.54) is 11.8 Å². The number of carboxylic acid groups (broad SMARTS) is 1. The lowest BCUT2D eigenvalue weighted by Crippen LogP contribution is -2.52. The van der Waals surface area contributed by atoms with E-state index in [0.29, 0.717) is 25.0 Å². The average Bonchev–Trinajstić information content (AvgIpc) is 2.33. The van der Waals surface area contributed by atoms with E-state index in [1.807, 2.05) is 13.2 Å². The minimum absolute atomic E-state index is 0.340. The van der Waals surface area contributed by atoms with Gasteiger partial charge in [-0.2, -0.15) is 11.8 Å². The third-order valence-corrected chi connectivity index (χ3v) is 3.08. The number of carbonyl (C=O) groups is 3. The molecule has 0 aromatic carbocycles. The molecule has 8 heteroatoms. The number of carboxylic acids is 1. The van der Waals surface area contributed by atoms with Crippen LogP contribution in [0.15, 0.2) is 0 Å². The van der Waals surface area contributed by atoms with Crippen LogP contribution >= 0.6 is 11.8 Å². The molecular formula is C11H21N3O4S. The van der Waals surface area contributed by atoms with Crippen LogP contribution in [-0.2, 0) is 9.59 Å². The largest absolute Gasteiger partial charge is 0.480 e. The number of hydrogen-bond donors (Lipinski definition) is 4. The molecule has 0 aromatic rings. The first-order valence-corrected chi connectivity index (χ1v) is 7.39. The van der Waals surface area contributed by atoms with Crippen LogP contribution in [0.25, 0.3) is 0 Å². The molecule has 0 rings (SSSR count). The van der Waals surface area contributed by atoms with Crippen LogP contribution in [0.4, 0.5) is 4.79 Å². The smallest absolute Gasteiger partial charge is 0.326 e. The maximum atomic E-state index is 11.9. The van der Waals surface area contributed by atoms with Crippen LogP contribution in [0.5, 0.6) is 0 Å². The standard InChI is InChI=1S/C11H21N3O4S/c1-3-4-8(10(16)17)13-9(15)7(5-6-19-2)14-11(12)18/h7-8H,3-6H2,1-2H3,(H,13,15)(H,16,17)(H3,12,14,18)/t7?,8-/m0/s1. The van der Waals surface area contributed by atoms with E-state index in [2.05, 4.69) is 10.6 Å². The molecule has 0 aliphatic rings. The summed E-state index contributed by atoms with van der Waals surface area (Å²) < 4.78 is 0. The van der Waals surface area contributed by atoms with Crippen LogP contribution < -0.4 is 16.4 Å². The fourth-order valence-electron chi connectivity index (χ4n) is 1.49. The van der Waals surface area contributed by atoms with Crippen molar-refractivity contribution in [2.75, 3.05) is 12.0 Å². The van der Waals surface area contributed by atoms with Gasteiger partial charge in [0, 0.05) is 0 Å². The summed E-state index contributed by atoms with van der Waals surface area (Å²) in [4.78, 5) is 33.7. The first kappa shape index (κ1) is 17.6. The number of thioether (sulfide) groups is 1. The molecule has 110 valence electrons. The van der Waals surface area contributed by atoms with Crippen LogP contribution in [-0.4, -0.2) is 47.1 Å². The molecule has 0 radical (unpaired) electrons. The average molecular weight is 291 g/mol. The monoisotopic (exact) mass is 291 g/mol. The zero-order valence-electron chi connectivity index (χ0n) is 11.1. The van der Waals surface area contributed by atoms with Gasteiger partial charge in [-0.3, -0.25) is 4.79 Å². The van der Waals surface area contributed by atoms with E-state index in [-0.39, 0.29) is 0 Å². The Labute approximate surface area is 116 Å². The second-order valence-electron chi connectivity index (χ2n) is 4.03. The number of nitrogens with one attached hydrogen (secondary N) is 2. The third-order valence-electron chi connectivity index (χ3n) is 2.44. The van der Waals surface area contributed by atoms with Crippen LogP contribution in [0.2, 0.25) is 0 Å². The van der Waals surface area contributed by atoms with Crippen LogP contribution in [0.3, 0.4) is 0 Å². The lowest BCUT2D eigenvalue weighted by Gasteiger charge is -2.20. The normalized spacial score (nSPS) is 13.4. The Hall–Kier alpha value is -1.44. The van der Waals surface area contributed by atoms with Crippen molar-refractivity contribution in [1.82, 2.24) is 10.6 Å². The number of amides is 3. The first-order valence-electron chi connectivity index (χ1n) is 6.00. The van der Waals surface area contributed by atoms with Gasteiger partial charge >= 0.3 is 12.0 Å². The Morgan fingerprint density at radius 2 is 1.84 bits per heavy atom. The van der Waals surface area contributed by atoms with Crippen molar-refractivity contribution in [3.8, 4) is 0 Å². The maximum Gasteiger partial charge on any atom is 0.326 e. The summed E-state index contributed by atoms with van der Waals surface area (Å²) in [7, 11) is 0. The van der Waals surface area contributed by atoms with E-state index in [4.69, 9.17) is 10.8 Å². The second kappa shape index (κ2) is 9.48. The molecule has 0 saturated heterocycles. The molecule has 0 spiro atoms. The Bertz CT molecular complexity index is 325. The molecule has 0 aliphatic heterocycles. The van der Waals surface area contributed by atoms with Gasteiger partial charge in [-0.25, -0.2) is 9.59 Å². The number of carbonyl (C=O) groups excluding carboxylic acids is 2. The molecule has 0 saturated carbocycles. The molecule has 0 fully saturated rings. The van der Waals surface area contributed by atoms with E-state index in [0.717, 1.165) is 0 Å². The van der Waals surface area contributed by atoms with Crippen molar-refractivity contribution < 1.29 is 19.5 Å². The number of aliphatic carboxylic acids is 1. The second-order valence-corrected chi connectivity index (χ2v) is 5.02. The quantitative estimate of drug-likeness (QED) is 0.481. The molecule has 19 heavy (non-hydrogen) atoms. The molecule has 3 amide bonds. The Morgan fingerprint density at radius 3 is 2.26 bits per heavy atom. The molecule has 5 N–H and O–H groups in total. The number of primary amides is 1. The SMILES string of the molecule is CCC[C@H](NC(=O)C(CCSC)NC(N)=O)C(=O)O. The molecule has 0 aliphatic carbocycles. The molecule has 7 nitrogen and oxygen atoms in total. The Kier molecular flexibility index (Phi) is 8.77. The first-order chi connectivity index (χ1) is 8.92. The highest BCUT2D eigenvalue weighted by molar-refractivity contribution is 7.98. The zero-order chi connectivity index (χ0) is 14.8. The molecular weight excluding hydrogens is 270 g/mol.